The summed E-state index contributed by atoms with van der Waals surface area (Å²) in [4.78, 5) is 80.5. The van der Waals surface area contributed by atoms with Gasteiger partial charge in [-0.05, 0) is 6.42 Å². The molecule has 0 radical (unpaired) electrons. The average molecular weight is 462 g/mol. The van der Waals surface area contributed by atoms with E-state index in [0.29, 0.717) is 0 Å². The lowest BCUT2D eigenvalue weighted by Crippen LogP contribution is -2.58. The lowest BCUT2D eigenvalue weighted by molar-refractivity contribution is -0.143. The summed E-state index contributed by atoms with van der Waals surface area (Å²) >= 11 is 0. The average Bonchev–Trinajstić information content (AvgIpc) is 2.66. The molecule has 0 aromatic carbocycles. The Balaban J connectivity index is 5.27. The molecule has 0 aliphatic carbocycles. The van der Waals surface area contributed by atoms with Crippen LogP contribution in [-0.4, -0.2) is 87.6 Å². The number of hydrogen-bond donors (Lipinski definition) is 9. The predicted octanol–water partition coefficient (Wildman–Crippen LogP) is -5.54. The Morgan fingerprint density at radius 3 is 1.62 bits per heavy atom. The Hall–Kier alpha value is -3.79. The number of aliphatic carboxylic acids is 2. The molecule has 0 fully saturated rings. The number of carbonyl (C=O) groups is 7. The molecule has 0 saturated heterocycles. The van der Waals surface area contributed by atoms with E-state index in [0.717, 1.165) is 0 Å². The Bertz CT molecular complexity index is 758. The summed E-state index contributed by atoms with van der Waals surface area (Å²) in [6.07, 6.45) is -2.35. The Kier molecular flexibility index (Phi) is 11.9. The van der Waals surface area contributed by atoms with E-state index in [9.17, 15) is 38.7 Å². The number of carboxylic acids is 2. The number of hydrogen-bond acceptors (Lipinski definition) is 9. The third-order valence-electron chi connectivity index (χ3n) is 3.87. The van der Waals surface area contributed by atoms with Crippen LogP contribution >= 0.6 is 0 Å². The van der Waals surface area contributed by atoms with Gasteiger partial charge < -0.3 is 48.5 Å². The summed E-state index contributed by atoms with van der Waals surface area (Å²) < 4.78 is 0. The lowest BCUT2D eigenvalue weighted by Gasteiger charge is -2.23. The molecule has 12 N–H and O–H groups in total. The summed E-state index contributed by atoms with van der Waals surface area (Å²) in [5, 5.41) is 33.1. The van der Waals surface area contributed by atoms with Gasteiger partial charge in [-0.3, -0.25) is 28.8 Å². The van der Waals surface area contributed by atoms with Crippen molar-refractivity contribution in [2.24, 2.45) is 17.2 Å². The van der Waals surface area contributed by atoms with Crippen LogP contribution in [0.15, 0.2) is 0 Å². The lowest BCUT2D eigenvalue weighted by atomic mass is 10.1. The smallest absolute Gasteiger partial charge is 0.326 e. The van der Waals surface area contributed by atoms with Crippen LogP contribution in [0, 0.1) is 0 Å². The number of aliphatic hydroxyl groups is 1. The van der Waals surface area contributed by atoms with E-state index in [1.54, 1.807) is 0 Å². The second-order valence-electron chi connectivity index (χ2n) is 6.58. The number of carbonyl (C=O) groups excluding carboxylic acids is 5. The van der Waals surface area contributed by atoms with Crippen LogP contribution in [0.5, 0.6) is 0 Å². The number of carboxylic acid groups (broad SMARTS) is 2. The van der Waals surface area contributed by atoms with E-state index in [4.69, 9.17) is 27.4 Å². The van der Waals surface area contributed by atoms with Crippen LogP contribution in [0.3, 0.4) is 0 Å². The first kappa shape index (κ1) is 28.2. The fraction of sp³-hybridized carbons (Fsp3) is 0.562. The molecule has 0 bridgehead atoms. The van der Waals surface area contributed by atoms with Gasteiger partial charge in [0.1, 0.15) is 18.1 Å². The minimum atomic E-state index is -1.72. The van der Waals surface area contributed by atoms with Crippen molar-refractivity contribution in [2.45, 2.75) is 49.9 Å². The van der Waals surface area contributed by atoms with Gasteiger partial charge in [0.25, 0.3) is 0 Å². The van der Waals surface area contributed by atoms with Gasteiger partial charge in [-0.15, -0.1) is 0 Å². The zero-order valence-corrected chi connectivity index (χ0v) is 16.8. The molecule has 0 rings (SSSR count). The molecule has 0 heterocycles. The molecule has 32 heavy (non-hydrogen) atoms. The van der Waals surface area contributed by atoms with Gasteiger partial charge >= 0.3 is 11.9 Å². The summed E-state index contributed by atoms with van der Waals surface area (Å²) in [6.45, 7) is -1.01. The summed E-state index contributed by atoms with van der Waals surface area (Å²) in [5.41, 5.74) is 15.4. The third kappa shape index (κ3) is 10.8. The Labute approximate surface area is 180 Å². The monoisotopic (exact) mass is 462 g/mol. The van der Waals surface area contributed by atoms with Crippen molar-refractivity contribution >= 4 is 41.5 Å². The minimum Gasteiger partial charge on any atom is -0.481 e. The number of aliphatic hydroxyl groups excluding tert-OH is 1. The maximum absolute atomic E-state index is 12.4. The van der Waals surface area contributed by atoms with E-state index in [2.05, 4.69) is 5.32 Å². The highest BCUT2D eigenvalue weighted by atomic mass is 16.4. The highest BCUT2D eigenvalue weighted by Gasteiger charge is 2.31. The number of primary amides is 2. The van der Waals surface area contributed by atoms with Crippen LogP contribution in [0.4, 0.5) is 0 Å². The van der Waals surface area contributed by atoms with E-state index < -0.39 is 97.9 Å². The van der Waals surface area contributed by atoms with Crippen LogP contribution in [0.1, 0.15) is 25.7 Å². The molecule has 16 nitrogen and oxygen atoms in total. The van der Waals surface area contributed by atoms with Crippen LogP contribution in [-0.2, 0) is 33.6 Å². The minimum absolute atomic E-state index is 0.472. The maximum atomic E-state index is 12.4. The van der Waals surface area contributed by atoms with Crippen LogP contribution in [0.25, 0.3) is 0 Å². The van der Waals surface area contributed by atoms with E-state index >= 15 is 0 Å². The molecule has 0 saturated carbocycles. The molecule has 0 spiro atoms. The Morgan fingerprint density at radius 2 is 1.19 bits per heavy atom. The molecule has 180 valence electrons. The largest absolute Gasteiger partial charge is 0.481 e. The van der Waals surface area contributed by atoms with Gasteiger partial charge in [-0.2, -0.15) is 0 Å². The Morgan fingerprint density at radius 1 is 0.719 bits per heavy atom. The summed E-state index contributed by atoms with van der Waals surface area (Å²) in [5.74, 6) is -8.16. The molecule has 0 aliphatic heterocycles. The van der Waals surface area contributed by atoms with Gasteiger partial charge in [0.2, 0.25) is 29.5 Å². The van der Waals surface area contributed by atoms with Gasteiger partial charge in [0.15, 0.2) is 0 Å². The molecular formula is C16H26N6O10. The van der Waals surface area contributed by atoms with Crippen molar-refractivity contribution < 1.29 is 48.9 Å². The van der Waals surface area contributed by atoms with Crippen molar-refractivity contribution in [1.29, 1.82) is 0 Å². The van der Waals surface area contributed by atoms with Crippen molar-refractivity contribution in [3.8, 4) is 0 Å². The number of rotatable bonds is 15. The SMILES string of the molecule is NC(=O)CC(N)C(=O)NC(CC(N)=O)C(=O)NC(CO)C(=O)NC(CCC(=O)O)C(=O)O. The molecule has 0 aromatic rings. The van der Waals surface area contributed by atoms with Crippen molar-refractivity contribution in [2.75, 3.05) is 6.61 Å². The van der Waals surface area contributed by atoms with Crippen molar-refractivity contribution in [3.05, 3.63) is 0 Å². The second-order valence-corrected chi connectivity index (χ2v) is 6.58. The van der Waals surface area contributed by atoms with Crippen molar-refractivity contribution in [3.63, 3.8) is 0 Å². The molecule has 4 atom stereocenters. The zero-order valence-electron chi connectivity index (χ0n) is 16.8. The molecule has 0 aliphatic rings. The van der Waals surface area contributed by atoms with E-state index in [1.165, 1.54) is 0 Å². The highest BCUT2D eigenvalue weighted by Crippen LogP contribution is 2.01. The first-order valence-corrected chi connectivity index (χ1v) is 9.07. The van der Waals surface area contributed by atoms with Crippen LogP contribution < -0.4 is 33.2 Å². The molecular weight excluding hydrogens is 436 g/mol. The van der Waals surface area contributed by atoms with Crippen molar-refractivity contribution in [1.82, 2.24) is 16.0 Å². The second kappa shape index (κ2) is 13.5. The molecule has 4 unspecified atom stereocenters. The molecule has 16 heteroatoms. The first-order chi connectivity index (χ1) is 14.8. The number of nitrogens with two attached hydrogens (primary N) is 3. The normalized spacial score (nSPS) is 14.2. The fourth-order valence-corrected chi connectivity index (χ4v) is 2.26. The first-order valence-electron chi connectivity index (χ1n) is 9.07. The maximum Gasteiger partial charge on any atom is 0.326 e. The van der Waals surface area contributed by atoms with Gasteiger partial charge in [0.05, 0.1) is 25.5 Å². The topological polar surface area (TPSA) is 294 Å². The number of nitrogens with one attached hydrogen (secondary N) is 3. The van der Waals surface area contributed by atoms with Crippen LogP contribution in [0.2, 0.25) is 0 Å². The van der Waals surface area contributed by atoms with Gasteiger partial charge in [0, 0.05) is 6.42 Å². The molecule has 5 amide bonds. The fourth-order valence-electron chi connectivity index (χ4n) is 2.26. The standard InChI is InChI=1S/C16H26N6O10/c17-6(3-10(18)24)13(28)21-8(4-11(19)25)14(29)22-9(5-23)15(30)20-7(16(31)32)1-2-12(26)27/h6-9,23H,1-5,17H2,(H2,18,24)(H2,19,25)(H,20,30)(H,21,28)(H,22,29)(H,26,27)(H,31,32). The molecule has 0 aromatic heterocycles. The van der Waals surface area contributed by atoms with Gasteiger partial charge in [-0.25, -0.2) is 4.79 Å². The highest BCUT2D eigenvalue weighted by molar-refractivity contribution is 5.96. The van der Waals surface area contributed by atoms with E-state index in [-0.39, 0.29) is 0 Å². The zero-order chi connectivity index (χ0) is 25.0. The van der Waals surface area contributed by atoms with E-state index in [1.807, 2.05) is 10.6 Å². The predicted molar refractivity (Wildman–Crippen MR) is 103 cm³/mol. The summed E-state index contributed by atoms with van der Waals surface area (Å²) in [6, 6.07) is -6.44. The van der Waals surface area contributed by atoms with Gasteiger partial charge in [-0.1, -0.05) is 0 Å². The quantitative estimate of drug-likeness (QED) is 0.110. The number of amides is 5. The summed E-state index contributed by atoms with van der Waals surface area (Å²) in [7, 11) is 0. The third-order valence-corrected chi connectivity index (χ3v) is 3.87.